The lowest BCUT2D eigenvalue weighted by Crippen LogP contribution is -2.44. The molecule has 0 aromatic rings. The van der Waals surface area contributed by atoms with Gasteiger partial charge in [0, 0.05) is 5.54 Å². The number of fused-ring (bicyclic) bond motifs is 1. The van der Waals surface area contributed by atoms with Gasteiger partial charge in [0.25, 0.3) is 0 Å². The standard InChI is InChI=1S/C9H17N/c1-9-5-2-3-7-10(9)8-4-6-9/h2-8H2,1H3. The lowest BCUT2D eigenvalue weighted by atomic mass is 9.89. The monoisotopic (exact) mass is 139 g/mol. The molecule has 0 aromatic heterocycles. The van der Waals surface area contributed by atoms with Gasteiger partial charge < -0.3 is 0 Å². The fourth-order valence-electron chi connectivity index (χ4n) is 2.55. The minimum Gasteiger partial charge on any atom is -0.298 e. The summed E-state index contributed by atoms with van der Waals surface area (Å²) in [5, 5.41) is 0. The molecule has 2 heterocycles. The number of hydrogen-bond donors (Lipinski definition) is 0. The van der Waals surface area contributed by atoms with Crippen molar-refractivity contribution in [3.8, 4) is 0 Å². The summed E-state index contributed by atoms with van der Waals surface area (Å²) in [5.41, 5.74) is 0.623. The number of piperidine rings is 1. The molecule has 2 aliphatic heterocycles. The second kappa shape index (κ2) is 2.23. The average Bonchev–Trinajstić information content (AvgIpc) is 2.29. The van der Waals surface area contributed by atoms with Crippen LogP contribution < -0.4 is 0 Å². The van der Waals surface area contributed by atoms with Crippen LogP contribution in [0, 0.1) is 0 Å². The zero-order valence-corrected chi connectivity index (χ0v) is 6.90. The van der Waals surface area contributed by atoms with Gasteiger partial charge in [0.05, 0.1) is 0 Å². The minimum absolute atomic E-state index is 0.623. The van der Waals surface area contributed by atoms with Gasteiger partial charge in [0.1, 0.15) is 0 Å². The summed E-state index contributed by atoms with van der Waals surface area (Å²) in [5.74, 6) is 0. The van der Waals surface area contributed by atoms with Crippen molar-refractivity contribution in [3.63, 3.8) is 0 Å². The minimum atomic E-state index is 0.623. The van der Waals surface area contributed by atoms with Crippen molar-refractivity contribution in [2.45, 2.75) is 44.6 Å². The molecule has 1 heteroatoms. The smallest absolute Gasteiger partial charge is 0.0181 e. The predicted molar refractivity (Wildman–Crippen MR) is 43.1 cm³/mol. The summed E-state index contributed by atoms with van der Waals surface area (Å²) >= 11 is 0. The van der Waals surface area contributed by atoms with Crippen LogP contribution in [0.4, 0.5) is 0 Å². The van der Waals surface area contributed by atoms with Gasteiger partial charge in [-0.2, -0.15) is 0 Å². The Kier molecular flexibility index (Phi) is 1.48. The van der Waals surface area contributed by atoms with E-state index in [1.807, 2.05) is 0 Å². The van der Waals surface area contributed by atoms with Crippen molar-refractivity contribution in [3.05, 3.63) is 0 Å². The molecule has 2 rings (SSSR count). The second-order valence-corrected chi connectivity index (χ2v) is 4.04. The van der Waals surface area contributed by atoms with E-state index in [0.717, 1.165) is 0 Å². The highest BCUT2D eigenvalue weighted by Crippen LogP contribution is 2.36. The molecule has 2 saturated heterocycles. The van der Waals surface area contributed by atoms with Crippen molar-refractivity contribution in [2.24, 2.45) is 0 Å². The number of rotatable bonds is 0. The van der Waals surface area contributed by atoms with E-state index in [2.05, 4.69) is 11.8 Å². The van der Waals surface area contributed by atoms with Crippen LogP contribution in [0.5, 0.6) is 0 Å². The Labute approximate surface area is 63.4 Å². The van der Waals surface area contributed by atoms with Crippen molar-refractivity contribution in [1.29, 1.82) is 0 Å². The Morgan fingerprint density at radius 1 is 1.00 bits per heavy atom. The van der Waals surface area contributed by atoms with Gasteiger partial charge in [-0.25, -0.2) is 0 Å². The summed E-state index contributed by atoms with van der Waals surface area (Å²) < 4.78 is 0. The van der Waals surface area contributed by atoms with E-state index in [0.29, 0.717) is 5.54 Å². The molecule has 0 N–H and O–H groups in total. The summed E-state index contributed by atoms with van der Waals surface area (Å²) in [6, 6.07) is 0. The third kappa shape index (κ3) is 0.878. The van der Waals surface area contributed by atoms with Crippen LogP contribution >= 0.6 is 0 Å². The Hall–Kier alpha value is -0.0400. The largest absolute Gasteiger partial charge is 0.298 e. The first kappa shape index (κ1) is 6.66. The third-order valence-corrected chi connectivity index (χ3v) is 3.30. The van der Waals surface area contributed by atoms with E-state index in [1.165, 1.54) is 45.2 Å². The van der Waals surface area contributed by atoms with Crippen molar-refractivity contribution < 1.29 is 0 Å². The first-order valence-electron chi connectivity index (χ1n) is 4.56. The van der Waals surface area contributed by atoms with Crippen molar-refractivity contribution >= 4 is 0 Å². The normalized spacial score (nSPS) is 41.7. The lowest BCUT2D eigenvalue weighted by molar-refractivity contribution is 0.108. The Bertz CT molecular complexity index is 133. The maximum Gasteiger partial charge on any atom is 0.0181 e. The third-order valence-electron chi connectivity index (χ3n) is 3.30. The molecule has 2 fully saturated rings. The van der Waals surface area contributed by atoms with Crippen LogP contribution in [0.15, 0.2) is 0 Å². The fraction of sp³-hybridized carbons (Fsp3) is 1.00. The van der Waals surface area contributed by atoms with Gasteiger partial charge in [0.2, 0.25) is 0 Å². The van der Waals surface area contributed by atoms with E-state index in [-0.39, 0.29) is 0 Å². The zero-order valence-electron chi connectivity index (χ0n) is 6.90. The molecular formula is C9H17N. The molecule has 0 spiro atoms. The maximum absolute atomic E-state index is 2.69. The van der Waals surface area contributed by atoms with Crippen molar-refractivity contribution in [1.82, 2.24) is 4.90 Å². The van der Waals surface area contributed by atoms with Crippen LogP contribution in [0.2, 0.25) is 0 Å². The molecule has 0 aromatic carbocycles. The molecule has 0 bridgehead atoms. The topological polar surface area (TPSA) is 3.24 Å². The molecule has 0 radical (unpaired) electrons. The Morgan fingerprint density at radius 2 is 1.70 bits per heavy atom. The van der Waals surface area contributed by atoms with E-state index in [4.69, 9.17) is 0 Å². The number of nitrogens with zero attached hydrogens (tertiary/aromatic N) is 1. The van der Waals surface area contributed by atoms with Gasteiger partial charge in [-0.3, -0.25) is 4.90 Å². The van der Waals surface area contributed by atoms with Crippen LogP contribution in [-0.2, 0) is 0 Å². The molecule has 2 aliphatic rings. The van der Waals surface area contributed by atoms with Crippen LogP contribution in [0.1, 0.15) is 39.0 Å². The summed E-state index contributed by atoms with van der Waals surface area (Å²) in [6.07, 6.45) is 7.25. The van der Waals surface area contributed by atoms with Gasteiger partial charge >= 0.3 is 0 Å². The SMILES string of the molecule is CC12CCCCN1CCC2. The number of hydrogen-bond acceptors (Lipinski definition) is 1. The van der Waals surface area contributed by atoms with Crippen LogP contribution in [-0.4, -0.2) is 23.5 Å². The van der Waals surface area contributed by atoms with E-state index in [1.54, 1.807) is 0 Å². The highest BCUT2D eigenvalue weighted by molar-refractivity contribution is 4.94. The predicted octanol–water partition coefficient (Wildman–Crippen LogP) is 2.02. The molecule has 0 saturated carbocycles. The molecule has 0 amide bonds. The van der Waals surface area contributed by atoms with Gasteiger partial charge in [-0.05, 0) is 45.7 Å². The Balaban J connectivity index is 2.10. The highest BCUT2D eigenvalue weighted by atomic mass is 15.2. The highest BCUT2D eigenvalue weighted by Gasteiger charge is 2.37. The van der Waals surface area contributed by atoms with Gasteiger partial charge in [-0.1, -0.05) is 6.42 Å². The quantitative estimate of drug-likeness (QED) is 0.496. The molecule has 10 heavy (non-hydrogen) atoms. The Morgan fingerprint density at radius 3 is 2.50 bits per heavy atom. The summed E-state index contributed by atoms with van der Waals surface area (Å²) in [7, 11) is 0. The molecule has 58 valence electrons. The van der Waals surface area contributed by atoms with E-state index < -0.39 is 0 Å². The lowest BCUT2D eigenvalue weighted by Gasteiger charge is -2.39. The molecule has 1 nitrogen and oxygen atoms in total. The average molecular weight is 139 g/mol. The summed E-state index contributed by atoms with van der Waals surface area (Å²) in [6.45, 7) is 5.19. The first-order valence-corrected chi connectivity index (χ1v) is 4.56. The van der Waals surface area contributed by atoms with Gasteiger partial charge in [-0.15, -0.1) is 0 Å². The molecule has 0 aliphatic carbocycles. The zero-order chi connectivity index (χ0) is 7.03. The first-order chi connectivity index (χ1) is 4.81. The molecule has 1 unspecified atom stereocenters. The van der Waals surface area contributed by atoms with E-state index >= 15 is 0 Å². The maximum atomic E-state index is 2.69. The van der Waals surface area contributed by atoms with Crippen LogP contribution in [0.25, 0.3) is 0 Å². The molecule has 1 atom stereocenters. The second-order valence-electron chi connectivity index (χ2n) is 4.04. The van der Waals surface area contributed by atoms with Crippen LogP contribution in [0.3, 0.4) is 0 Å². The fourth-order valence-corrected chi connectivity index (χ4v) is 2.55. The summed E-state index contributed by atoms with van der Waals surface area (Å²) in [4.78, 5) is 2.69. The molecular weight excluding hydrogens is 122 g/mol. The van der Waals surface area contributed by atoms with E-state index in [9.17, 15) is 0 Å². The van der Waals surface area contributed by atoms with Crippen molar-refractivity contribution in [2.75, 3.05) is 13.1 Å². The van der Waals surface area contributed by atoms with Gasteiger partial charge in [0.15, 0.2) is 0 Å².